The fraction of sp³-hybridized carbons (Fsp3) is 0.455. The van der Waals surface area contributed by atoms with Gasteiger partial charge in [0.25, 0.3) is 0 Å². The lowest BCUT2D eigenvalue weighted by atomic mass is 10.0. The highest BCUT2D eigenvalue weighted by Gasteiger charge is 2.31. The van der Waals surface area contributed by atoms with Gasteiger partial charge in [0.15, 0.2) is 0 Å². The molecule has 0 amide bonds. The Bertz CT molecular complexity index is 351. The van der Waals surface area contributed by atoms with E-state index in [0.717, 1.165) is 12.1 Å². The zero-order chi connectivity index (χ0) is 13.1. The highest BCUT2D eigenvalue weighted by molar-refractivity contribution is 5.29. The Balaban J connectivity index is 2.74. The highest BCUT2D eigenvalue weighted by atomic mass is 19.4. The molecule has 3 nitrogen and oxygen atoms in total. The number of ether oxygens (including phenoxy) is 1. The van der Waals surface area contributed by atoms with E-state index in [4.69, 9.17) is 5.73 Å². The number of halogens is 3. The first-order chi connectivity index (χ1) is 7.83. The molecule has 17 heavy (non-hydrogen) atoms. The summed E-state index contributed by atoms with van der Waals surface area (Å²) in [6, 6.07) is 4.58. The molecule has 0 aliphatic carbocycles. The van der Waals surface area contributed by atoms with E-state index >= 15 is 0 Å². The molecule has 0 aliphatic heterocycles. The zero-order valence-corrected chi connectivity index (χ0v) is 9.24. The van der Waals surface area contributed by atoms with Crippen LogP contribution in [0.3, 0.4) is 0 Å². The van der Waals surface area contributed by atoms with E-state index in [1.54, 1.807) is 0 Å². The predicted molar refractivity (Wildman–Crippen MR) is 56.4 cm³/mol. The summed E-state index contributed by atoms with van der Waals surface area (Å²) in [6.07, 6.45) is -5.03. The molecule has 0 saturated carbocycles. The second-order valence-corrected chi connectivity index (χ2v) is 3.63. The van der Waals surface area contributed by atoms with Crippen molar-refractivity contribution in [3.05, 3.63) is 29.8 Å². The monoisotopic (exact) mass is 249 g/mol. The zero-order valence-electron chi connectivity index (χ0n) is 9.24. The summed E-state index contributed by atoms with van der Waals surface area (Å²) in [4.78, 5) is 0. The van der Waals surface area contributed by atoms with Crippen molar-refractivity contribution in [2.24, 2.45) is 5.73 Å². The second kappa shape index (κ2) is 5.37. The van der Waals surface area contributed by atoms with Crippen molar-refractivity contribution >= 4 is 0 Å². The van der Waals surface area contributed by atoms with Crippen molar-refractivity contribution in [2.75, 3.05) is 0 Å². The van der Waals surface area contributed by atoms with Crippen LogP contribution in [0.5, 0.6) is 5.75 Å². The van der Waals surface area contributed by atoms with Crippen LogP contribution >= 0.6 is 0 Å². The van der Waals surface area contributed by atoms with Crippen molar-refractivity contribution in [3.63, 3.8) is 0 Å². The fourth-order valence-corrected chi connectivity index (χ4v) is 1.34. The molecule has 96 valence electrons. The van der Waals surface area contributed by atoms with Crippen LogP contribution in [0.25, 0.3) is 0 Å². The Labute approximate surface area is 97.0 Å². The maximum atomic E-state index is 11.9. The minimum atomic E-state index is -4.71. The molecule has 1 rings (SSSR count). The minimum Gasteiger partial charge on any atom is -0.406 e. The van der Waals surface area contributed by atoms with Crippen LogP contribution in [0.4, 0.5) is 13.2 Å². The van der Waals surface area contributed by atoms with Gasteiger partial charge in [-0.1, -0.05) is 19.1 Å². The summed E-state index contributed by atoms with van der Waals surface area (Å²) in [7, 11) is 0. The standard InChI is InChI=1S/C11H14F3NO2/c1-2-9(15)10(16)7-3-5-8(6-4-7)17-11(12,13)14/h3-6,9-10,16H,2,15H2,1H3. The van der Waals surface area contributed by atoms with E-state index in [0.29, 0.717) is 12.0 Å². The van der Waals surface area contributed by atoms with E-state index in [1.165, 1.54) is 12.1 Å². The first-order valence-corrected chi connectivity index (χ1v) is 5.13. The highest BCUT2D eigenvalue weighted by Crippen LogP contribution is 2.25. The molecule has 3 N–H and O–H groups in total. The van der Waals surface area contributed by atoms with Crippen molar-refractivity contribution in [1.29, 1.82) is 0 Å². The van der Waals surface area contributed by atoms with Crippen LogP contribution in [0, 0.1) is 0 Å². The predicted octanol–water partition coefficient (Wildman–Crippen LogP) is 2.36. The molecule has 0 aromatic heterocycles. The molecule has 0 aliphatic rings. The topological polar surface area (TPSA) is 55.5 Å². The van der Waals surface area contributed by atoms with Gasteiger partial charge in [0.05, 0.1) is 6.10 Å². The first kappa shape index (κ1) is 13.8. The average molecular weight is 249 g/mol. The summed E-state index contributed by atoms with van der Waals surface area (Å²) in [5.74, 6) is -0.321. The van der Waals surface area contributed by atoms with Gasteiger partial charge in [-0.3, -0.25) is 0 Å². The van der Waals surface area contributed by atoms with Gasteiger partial charge in [0.2, 0.25) is 0 Å². The molecular formula is C11H14F3NO2. The summed E-state index contributed by atoms with van der Waals surface area (Å²) in [5.41, 5.74) is 6.09. The smallest absolute Gasteiger partial charge is 0.406 e. The van der Waals surface area contributed by atoms with E-state index < -0.39 is 18.5 Å². The molecular weight excluding hydrogens is 235 g/mol. The molecule has 6 heteroatoms. The molecule has 2 atom stereocenters. The van der Waals surface area contributed by atoms with Crippen LogP contribution in [0.15, 0.2) is 24.3 Å². The number of alkyl halides is 3. The third-order valence-electron chi connectivity index (χ3n) is 2.33. The SMILES string of the molecule is CCC(N)C(O)c1ccc(OC(F)(F)F)cc1. The van der Waals surface area contributed by atoms with Gasteiger partial charge in [-0.05, 0) is 24.1 Å². The minimum absolute atomic E-state index is 0.321. The third kappa shape index (κ3) is 4.24. The van der Waals surface area contributed by atoms with Crippen LogP contribution < -0.4 is 10.5 Å². The molecule has 0 radical (unpaired) electrons. The van der Waals surface area contributed by atoms with E-state index in [1.807, 2.05) is 6.92 Å². The Morgan fingerprint density at radius 3 is 2.24 bits per heavy atom. The Kier molecular flexibility index (Phi) is 4.36. The van der Waals surface area contributed by atoms with Crippen molar-refractivity contribution in [2.45, 2.75) is 31.9 Å². The Morgan fingerprint density at radius 1 is 1.29 bits per heavy atom. The molecule has 0 bridgehead atoms. The average Bonchev–Trinajstić information content (AvgIpc) is 2.26. The van der Waals surface area contributed by atoms with Crippen molar-refractivity contribution < 1.29 is 23.0 Å². The van der Waals surface area contributed by atoms with E-state index in [2.05, 4.69) is 4.74 Å². The quantitative estimate of drug-likeness (QED) is 0.861. The molecule has 0 fully saturated rings. The maximum absolute atomic E-state index is 11.9. The van der Waals surface area contributed by atoms with Gasteiger partial charge < -0.3 is 15.6 Å². The molecule has 1 aromatic carbocycles. The maximum Gasteiger partial charge on any atom is 0.573 e. The largest absolute Gasteiger partial charge is 0.573 e. The third-order valence-corrected chi connectivity index (χ3v) is 2.33. The number of nitrogens with two attached hydrogens (primary N) is 1. The van der Waals surface area contributed by atoms with Crippen LogP contribution in [-0.2, 0) is 0 Å². The first-order valence-electron chi connectivity index (χ1n) is 5.13. The van der Waals surface area contributed by atoms with Gasteiger partial charge in [-0.15, -0.1) is 13.2 Å². The Hall–Kier alpha value is -1.27. The molecule has 0 saturated heterocycles. The second-order valence-electron chi connectivity index (χ2n) is 3.63. The van der Waals surface area contributed by atoms with Gasteiger partial charge in [0, 0.05) is 6.04 Å². The van der Waals surface area contributed by atoms with E-state index in [-0.39, 0.29) is 5.75 Å². The van der Waals surface area contributed by atoms with Gasteiger partial charge in [-0.2, -0.15) is 0 Å². The molecule has 2 unspecified atom stereocenters. The van der Waals surface area contributed by atoms with Crippen LogP contribution in [0.1, 0.15) is 25.0 Å². The molecule has 0 heterocycles. The van der Waals surface area contributed by atoms with Crippen LogP contribution in [-0.4, -0.2) is 17.5 Å². The van der Waals surface area contributed by atoms with Crippen molar-refractivity contribution in [3.8, 4) is 5.75 Å². The summed E-state index contributed by atoms with van der Waals surface area (Å²) >= 11 is 0. The van der Waals surface area contributed by atoms with Crippen LogP contribution in [0.2, 0.25) is 0 Å². The lowest BCUT2D eigenvalue weighted by Crippen LogP contribution is -2.27. The summed E-state index contributed by atoms with van der Waals surface area (Å²) in [6.45, 7) is 1.81. The number of aliphatic hydroxyl groups is 1. The van der Waals surface area contributed by atoms with Gasteiger partial charge in [-0.25, -0.2) is 0 Å². The lowest BCUT2D eigenvalue weighted by Gasteiger charge is -2.17. The Morgan fingerprint density at radius 2 is 1.82 bits per heavy atom. The number of rotatable bonds is 4. The number of hydrogen-bond donors (Lipinski definition) is 2. The summed E-state index contributed by atoms with van der Waals surface area (Å²) < 4.78 is 39.4. The molecule has 1 aromatic rings. The van der Waals surface area contributed by atoms with Crippen molar-refractivity contribution in [1.82, 2.24) is 0 Å². The summed E-state index contributed by atoms with van der Waals surface area (Å²) in [5, 5.41) is 9.72. The normalized spacial score (nSPS) is 15.4. The van der Waals surface area contributed by atoms with E-state index in [9.17, 15) is 18.3 Å². The molecule has 0 spiro atoms. The number of hydrogen-bond acceptors (Lipinski definition) is 3. The van der Waals surface area contributed by atoms with Gasteiger partial charge in [0.1, 0.15) is 5.75 Å². The fourth-order valence-electron chi connectivity index (χ4n) is 1.34. The number of aliphatic hydroxyl groups excluding tert-OH is 1. The lowest BCUT2D eigenvalue weighted by molar-refractivity contribution is -0.274. The number of benzene rings is 1. The van der Waals surface area contributed by atoms with Gasteiger partial charge >= 0.3 is 6.36 Å².